The van der Waals surface area contributed by atoms with Gasteiger partial charge in [-0.25, -0.2) is 0 Å². The minimum Gasteiger partial charge on any atom is -0.481 e. The minimum atomic E-state index is -0.704. The maximum absolute atomic E-state index is 12.7. The maximum Gasteiger partial charge on any atom is 0.307 e. The van der Waals surface area contributed by atoms with Crippen molar-refractivity contribution in [3.8, 4) is 11.5 Å². The number of rotatable bonds is 2. The van der Waals surface area contributed by atoms with E-state index in [0.29, 0.717) is 34.6 Å². The van der Waals surface area contributed by atoms with E-state index < -0.39 is 5.97 Å². The summed E-state index contributed by atoms with van der Waals surface area (Å²) in [5.74, 6) is 0.223. The summed E-state index contributed by atoms with van der Waals surface area (Å²) in [7, 11) is 0. The molecule has 1 saturated heterocycles. The van der Waals surface area contributed by atoms with E-state index in [1.807, 2.05) is 0 Å². The monoisotopic (exact) mass is 381 g/mol. The van der Waals surface area contributed by atoms with E-state index in [1.165, 1.54) is 0 Å². The van der Waals surface area contributed by atoms with Crippen molar-refractivity contribution >= 4 is 27.8 Å². The summed E-state index contributed by atoms with van der Waals surface area (Å²) < 4.78 is 11.4. The molecule has 122 valence electrons. The van der Waals surface area contributed by atoms with Crippen LogP contribution in [0.2, 0.25) is 0 Å². The first-order valence-electron chi connectivity index (χ1n) is 7.61. The molecule has 0 radical (unpaired) electrons. The number of carbonyl (C=O) groups is 2. The molecule has 1 N–H and O–H groups in total. The molecule has 4 rings (SSSR count). The van der Waals surface area contributed by atoms with Crippen LogP contribution in [0.3, 0.4) is 0 Å². The van der Waals surface area contributed by atoms with Gasteiger partial charge < -0.3 is 19.5 Å². The number of hydrogen-bond donors (Lipinski definition) is 1. The molecule has 3 aliphatic rings. The molecule has 2 aliphatic heterocycles. The number of aliphatic carboxylic acids is 1. The van der Waals surface area contributed by atoms with Crippen LogP contribution in [0.25, 0.3) is 0 Å². The molecule has 7 heteroatoms. The highest BCUT2D eigenvalue weighted by Crippen LogP contribution is 2.59. The summed E-state index contributed by atoms with van der Waals surface area (Å²) in [5.41, 5.74) is 0.487. The SMILES string of the molecule is O=C(O)C1CC12CCN(C(=O)c1cc(Br)c3c(c1)OCO3)CC2. The standard InChI is InChI=1S/C16H16BrNO5/c17-11-5-9(6-12-13(11)23-8-22-12)14(19)18-3-1-16(2-4-18)7-10(16)15(20)21/h5-6,10H,1-4,7-8H2,(H,20,21). The third-order valence-corrected chi connectivity index (χ3v) is 5.80. The summed E-state index contributed by atoms with van der Waals surface area (Å²) in [6, 6.07) is 3.45. The number of carbonyl (C=O) groups excluding carboxylic acids is 1. The molecule has 1 spiro atoms. The summed E-state index contributed by atoms with van der Waals surface area (Å²) in [6.07, 6.45) is 2.28. The van der Waals surface area contributed by atoms with Crippen LogP contribution in [0.15, 0.2) is 16.6 Å². The van der Waals surface area contributed by atoms with Crippen molar-refractivity contribution in [2.24, 2.45) is 11.3 Å². The number of amides is 1. The molecule has 1 aliphatic carbocycles. The first-order chi connectivity index (χ1) is 11.0. The average molecular weight is 382 g/mol. The molecule has 1 amide bonds. The highest BCUT2D eigenvalue weighted by atomic mass is 79.9. The van der Waals surface area contributed by atoms with Crippen LogP contribution in [-0.2, 0) is 4.79 Å². The second-order valence-electron chi connectivity index (χ2n) is 6.44. The second kappa shape index (κ2) is 5.12. The van der Waals surface area contributed by atoms with Gasteiger partial charge in [0.25, 0.3) is 5.91 Å². The van der Waals surface area contributed by atoms with Crippen molar-refractivity contribution in [1.82, 2.24) is 4.90 Å². The van der Waals surface area contributed by atoms with E-state index >= 15 is 0 Å². The van der Waals surface area contributed by atoms with Gasteiger partial charge in [0.15, 0.2) is 11.5 Å². The predicted octanol–water partition coefficient (Wildman–Crippen LogP) is 2.50. The number of ether oxygens (including phenoxy) is 2. The molecular formula is C16H16BrNO5. The van der Waals surface area contributed by atoms with Crippen molar-refractivity contribution in [1.29, 1.82) is 0 Å². The Hall–Kier alpha value is -1.76. The summed E-state index contributed by atoms with van der Waals surface area (Å²) in [4.78, 5) is 25.6. The van der Waals surface area contributed by atoms with Gasteiger partial charge in [-0.15, -0.1) is 0 Å². The molecule has 6 nitrogen and oxygen atoms in total. The van der Waals surface area contributed by atoms with E-state index in [2.05, 4.69) is 15.9 Å². The molecule has 23 heavy (non-hydrogen) atoms. The van der Waals surface area contributed by atoms with Gasteiger partial charge in [-0.1, -0.05) is 0 Å². The Labute approximate surface area is 141 Å². The highest BCUT2D eigenvalue weighted by Gasteiger charge is 2.59. The van der Waals surface area contributed by atoms with Gasteiger partial charge in [0, 0.05) is 18.7 Å². The fourth-order valence-electron chi connectivity index (χ4n) is 3.68. The zero-order valence-corrected chi connectivity index (χ0v) is 14.0. The smallest absolute Gasteiger partial charge is 0.307 e. The molecule has 1 aromatic rings. The van der Waals surface area contributed by atoms with E-state index in [1.54, 1.807) is 17.0 Å². The van der Waals surface area contributed by atoms with Crippen molar-refractivity contribution in [2.45, 2.75) is 19.3 Å². The van der Waals surface area contributed by atoms with E-state index in [4.69, 9.17) is 14.6 Å². The largest absolute Gasteiger partial charge is 0.481 e. The zero-order chi connectivity index (χ0) is 16.2. The summed E-state index contributed by atoms with van der Waals surface area (Å²) in [5, 5.41) is 9.13. The number of piperidine rings is 1. The maximum atomic E-state index is 12.7. The van der Waals surface area contributed by atoms with E-state index in [0.717, 1.165) is 19.3 Å². The molecule has 0 bridgehead atoms. The fraction of sp³-hybridized carbons (Fsp3) is 0.500. The number of fused-ring (bicyclic) bond motifs is 1. The molecule has 1 atom stereocenters. The van der Waals surface area contributed by atoms with Crippen molar-refractivity contribution in [3.05, 3.63) is 22.2 Å². The van der Waals surface area contributed by atoms with Crippen molar-refractivity contribution in [2.75, 3.05) is 19.9 Å². The van der Waals surface area contributed by atoms with Crippen LogP contribution in [0.5, 0.6) is 11.5 Å². The number of hydrogen-bond acceptors (Lipinski definition) is 4. The molecule has 1 aromatic carbocycles. The quantitative estimate of drug-likeness (QED) is 0.851. The van der Waals surface area contributed by atoms with Crippen molar-refractivity contribution < 1.29 is 24.2 Å². The van der Waals surface area contributed by atoms with Crippen LogP contribution < -0.4 is 9.47 Å². The third-order valence-electron chi connectivity index (χ3n) is 5.21. The fourth-order valence-corrected chi connectivity index (χ4v) is 4.23. The number of benzene rings is 1. The zero-order valence-electron chi connectivity index (χ0n) is 12.4. The van der Waals surface area contributed by atoms with Crippen LogP contribution in [0.4, 0.5) is 0 Å². The van der Waals surface area contributed by atoms with Crippen LogP contribution in [-0.4, -0.2) is 41.8 Å². The Bertz CT molecular complexity index is 696. The molecule has 0 aromatic heterocycles. The average Bonchev–Trinajstić information content (AvgIpc) is 3.02. The van der Waals surface area contributed by atoms with Gasteiger partial charge in [-0.3, -0.25) is 9.59 Å². The Morgan fingerprint density at radius 2 is 2.00 bits per heavy atom. The van der Waals surface area contributed by atoms with Gasteiger partial charge in [-0.2, -0.15) is 0 Å². The highest BCUT2D eigenvalue weighted by molar-refractivity contribution is 9.10. The number of carboxylic acid groups (broad SMARTS) is 1. The Kier molecular flexibility index (Phi) is 3.30. The lowest BCUT2D eigenvalue weighted by atomic mass is 9.90. The number of halogens is 1. The molecule has 1 saturated carbocycles. The third kappa shape index (κ3) is 2.38. The lowest BCUT2D eigenvalue weighted by Crippen LogP contribution is -2.40. The minimum absolute atomic E-state index is 0.0497. The summed E-state index contributed by atoms with van der Waals surface area (Å²) in [6.45, 7) is 1.37. The summed E-state index contributed by atoms with van der Waals surface area (Å²) >= 11 is 3.40. The van der Waals surface area contributed by atoms with Gasteiger partial charge in [0.2, 0.25) is 6.79 Å². The van der Waals surface area contributed by atoms with E-state index in [9.17, 15) is 9.59 Å². The number of nitrogens with zero attached hydrogens (tertiary/aromatic N) is 1. The van der Waals surface area contributed by atoms with Gasteiger partial charge >= 0.3 is 5.97 Å². The topological polar surface area (TPSA) is 76.1 Å². The van der Waals surface area contributed by atoms with Crippen molar-refractivity contribution in [3.63, 3.8) is 0 Å². The lowest BCUT2D eigenvalue weighted by Gasteiger charge is -2.32. The predicted molar refractivity (Wildman–Crippen MR) is 83.6 cm³/mol. The molecule has 2 heterocycles. The number of carboxylic acids is 1. The van der Waals surface area contributed by atoms with Crippen LogP contribution >= 0.6 is 15.9 Å². The van der Waals surface area contributed by atoms with Gasteiger partial charge in [0.05, 0.1) is 10.4 Å². The van der Waals surface area contributed by atoms with E-state index in [-0.39, 0.29) is 24.0 Å². The first-order valence-corrected chi connectivity index (χ1v) is 8.41. The van der Waals surface area contributed by atoms with Gasteiger partial charge in [-0.05, 0) is 52.7 Å². The first kappa shape index (κ1) is 14.8. The number of likely N-dealkylation sites (tertiary alicyclic amines) is 1. The van der Waals surface area contributed by atoms with Crippen LogP contribution in [0.1, 0.15) is 29.6 Å². The van der Waals surface area contributed by atoms with Crippen LogP contribution in [0, 0.1) is 11.3 Å². The Morgan fingerprint density at radius 1 is 1.26 bits per heavy atom. The Balaban J connectivity index is 1.47. The second-order valence-corrected chi connectivity index (χ2v) is 7.30. The lowest BCUT2D eigenvalue weighted by molar-refractivity contribution is -0.139. The molecule has 1 unspecified atom stereocenters. The van der Waals surface area contributed by atoms with Gasteiger partial charge in [0.1, 0.15) is 0 Å². The molecule has 2 fully saturated rings. The molecular weight excluding hydrogens is 366 g/mol. The Morgan fingerprint density at radius 3 is 2.65 bits per heavy atom. The normalized spacial score (nSPS) is 23.9.